The number of methoxy groups -OCH3 is 1. The minimum atomic E-state index is -1.56. The first kappa shape index (κ1) is 35.7. The van der Waals surface area contributed by atoms with Crippen LogP contribution in [0.25, 0.3) is 0 Å². The van der Waals surface area contributed by atoms with Crippen molar-refractivity contribution in [3.05, 3.63) is 23.8 Å². The maximum Gasteiger partial charge on any atom is 0.513 e. The Morgan fingerprint density at radius 3 is 1.93 bits per heavy atom. The minimum absolute atomic E-state index is 0.0135. The first-order valence-electron chi connectivity index (χ1n) is 14.2. The fourth-order valence-corrected chi connectivity index (χ4v) is 3.38. The van der Waals surface area contributed by atoms with Crippen LogP contribution in [0, 0.1) is 17.8 Å². The van der Waals surface area contributed by atoms with E-state index in [9.17, 15) is 19.2 Å². The Labute approximate surface area is 243 Å². The summed E-state index contributed by atoms with van der Waals surface area (Å²) in [5, 5.41) is 0. The zero-order valence-corrected chi connectivity index (χ0v) is 25.5. The highest BCUT2D eigenvalue weighted by atomic mass is 16.7. The molecule has 0 radical (unpaired) electrons. The van der Waals surface area contributed by atoms with Gasteiger partial charge in [-0.3, -0.25) is 9.59 Å². The van der Waals surface area contributed by atoms with E-state index in [-0.39, 0.29) is 68.4 Å². The number of hydrogen-bond donors (Lipinski definition) is 1. The van der Waals surface area contributed by atoms with Crippen molar-refractivity contribution in [3.63, 3.8) is 0 Å². The molecule has 11 nitrogen and oxygen atoms in total. The smallest absolute Gasteiger partial charge is 0.468 e. The number of benzene rings is 1. The summed E-state index contributed by atoms with van der Waals surface area (Å²) >= 11 is 0. The number of hydrogen-bond acceptors (Lipinski definition) is 11. The van der Waals surface area contributed by atoms with Gasteiger partial charge in [-0.15, -0.1) is 0 Å². The molecule has 1 rings (SSSR count). The van der Waals surface area contributed by atoms with Crippen molar-refractivity contribution in [1.29, 1.82) is 0 Å². The van der Waals surface area contributed by atoms with E-state index in [2.05, 4.69) is 0 Å². The second-order valence-electron chi connectivity index (χ2n) is 10.9. The van der Waals surface area contributed by atoms with E-state index in [1.807, 2.05) is 41.5 Å². The molecule has 11 heteroatoms. The molecule has 0 bridgehead atoms. The van der Waals surface area contributed by atoms with Crippen LogP contribution in [0.15, 0.2) is 18.2 Å². The summed E-state index contributed by atoms with van der Waals surface area (Å²) in [7, 11) is 1.21. The second-order valence-corrected chi connectivity index (χ2v) is 10.9. The predicted molar refractivity (Wildman–Crippen MR) is 152 cm³/mol. The maximum atomic E-state index is 12.7. The molecule has 0 fully saturated rings. The first-order chi connectivity index (χ1) is 19.3. The lowest BCUT2D eigenvalue weighted by Gasteiger charge is -2.26. The molecule has 1 aromatic carbocycles. The SMILES string of the molecule is CCC(C)COC(=O)Oc1ccc(C[C@](N)(CCOC(=O)CCC(C)C)C(=O)OC)cc1OC(=O)OCC(C)CC. The zero-order chi connectivity index (χ0) is 31.0. The van der Waals surface area contributed by atoms with Crippen LogP contribution in [0.2, 0.25) is 0 Å². The summed E-state index contributed by atoms with van der Waals surface area (Å²) < 4.78 is 31.2. The molecule has 0 aliphatic heterocycles. The van der Waals surface area contributed by atoms with E-state index in [4.69, 9.17) is 34.2 Å². The molecule has 0 amide bonds. The van der Waals surface area contributed by atoms with Crippen molar-refractivity contribution in [1.82, 2.24) is 0 Å². The highest BCUT2D eigenvalue weighted by Crippen LogP contribution is 2.31. The third-order valence-corrected chi connectivity index (χ3v) is 6.61. The highest BCUT2D eigenvalue weighted by molar-refractivity contribution is 5.81. The Balaban J connectivity index is 3.12. The van der Waals surface area contributed by atoms with Gasteiger partial charge in [-0.2, -0.15) is 0 Å². The Bertz CT molecular complexity index is 995. The van der Waals surface area contributed by atoms with Gasteiger partial charge in [0.25, 0.3) is 0 Å². The van der Waals surface area contributed by atoms with Gasteiger partial charge < -0.3 is 34.2 Å². The van der Waals surface area contributed by atoms with Gasteiger partial charge >= 0.3 is 24.2 Å². The fourth-order valence-electron chi connectivity index (χ4n) is 3.38. The summed E-state index contributed by atoms with van der Waals surface area (Å²) in [5.74, 6) is -0.671. The number of rotatable bonds is 17. The Morgan fingerprint density at radius 2 is 1.41 bits per heavy atom. The molecule has 41 heavy (non-hydrogen) atoms. The number of nitrogens with two attached hydrogens (primary N) is 1. The molecular weight excluding hydrogens is 534 g/mol. The third kappa shape index (κ3) is 13.7. The summed E-state index contributed by atoms with van der Waals surface area (Å²) in [6, 6.07) is 4.38. The topological polar surface area (TPSA) is 150 Å². The van der Waals surface area contributed by atoms with Gasteiger partial charge in [-0.25, -0.2) is 9.59 Å². The molecule has 0 aliphatic rings. The van der Waals surface area contributed by atoms with E-state index in [0.29, 0.717) is 17.9 Å². The van der Waals surface area contributed by atoms with Crippen molar-refractivity contribution >= 4 is 24.2 Å². The lowest BCUT2D eigenvalue weighted by atomic mass is 9.88. The van der Waals surface area contributed by atoms with Crippen molar-refractivity contribution in [2.24, 2.45) is 23.5 Å². The summed E-state index contributed by atoms with van der Waals surface area (Å²) in [5.41, 5.74) is 5.35. The second kappa shape index (κ2) is 18.2. The van der Waals surface area contributed by atoms with Crippen LogP contribution in [-0.4, -0.2) is 56.7 Å². The van der Waals surface area contributed by atoms with Gasteiger partial charge in [-0.05, 0) is 41.9 Å². The molecule has 0 aliphatic carbocycles. The normalized spacial score (nSPS) is 13.9. The number of esters is 2. The van der Waals surface area contributed by atoms with Gasteiger partial charge in [0.15, 0.2) is 11.5 Å². The molecular formula is C30H47NO10. The van der Waals surface area contributed by atoms with E-state index in [1.54, 1.807) is 6.07 Å². The predicted octanol–water partition coefficient (Wildman–Crippen LogP) is 5.59. The molecule has 0 saturated heterocycles. The summed E-state index contributed by atoms with van der Waals surface area (Å²) in [6.07, 6.45) is 0.558. The highest BCUT2D eigenvalue weighted by Gasteiger charge is 2.36. The minimum Gasteiger partial charge on any atom is -0.468 e. The van der Waals surface area contributed by atoms with E-state index in [0.717, 1.165) is 12.8 Å². The summed E-state index contributed by atoms with van der Waals surface area (Å²) in [4.78, 5) is 49.4. The largest absolute Gasteiger partial charge is 0.513 e. The molecule has 0 spiro atoms. The quantitative estimate of drug-likeness (QED) is 0.139. The Kier molecular flexibility index (Phi) is 15.8. The third-order valence-electron chi connectivity index (χ3n) is 6.61. The van der Waals surface area contributed by atoms with Crippen LogP contribution >= 0.6 is 0 Å². The Morgan fingerprint density at radius 1 is 0.854 bits per heavy atom. The molecule has 2 N–H and O–H groups in total. The van der Waals surface area contributed by atoms with E-state index in [1.165, 1.54) is 19.2 Å². The van der Waals surface area contributed by atoms with Crippen molar-refractivity contribution in [2.75, 3.05) is 26.9 Å². The van der Waals surface area contributed by atoms with Crippen LogP contribution in [0.3, 0.4) is 0 Å². The number of carbonyl (C=O) groups excluding carboxylic acids is 4. The van der Waals surface area contributed by atoms with Gasteiger partial charge in [0.05, 0.1) is 26.9 Å². The van der Waals surface area contributed by atoms with Crippen molar-refractivity contribution in [3.8, 4) is 11.5 Å². The molecule has 0 saturated carbocycles. The standard InChI is InChI=1S/C30H47NO10/c1-8-21(5)18-38-28(34)40-24-12-11-23(16-25(24)41-29(35)39-19-22(6)9-2)17-30(31,27(33)36-7)14-15-37-26(32)13-10-20(3)4/h11-12,16,20-22H,8-10,13-15,17-19,31H2,1-7H3/t21?,22?,30-/m1/s1. The fraction of sp³-hybridized carbons (Fsp3) is 0.667. The number of carbonyl (C=O) groups is 4. The molecule has 0 heterocycles. The van der Waals surface area contributed by atoms with E-state index < -0.39 is 23.8 Å². The molecule has 1 aromatic rings. The van der Waals surface area contributed by atoms with Crippen LogP contribution in [0.4, 0.5) is 9.59 Å². The molecule has 2 unspecified atom stereocenters. The van der Waals surface area contributed by atoms with Crippen LogP contribution < -0.4 is 15.2 Å². The lowest BCUT2D eigenvalue weighted by Crippen LogP contribution is -2.51. The average molecular weight is 582 g/mol. The molecule has 3 atom stereocenters. The van der Waals surface area contributed by atoms with Crippen LogP contribution in [0.1, 0.15) is 79.2 Å². The first-order valence-corrected chi connectivity index (χ1v) is 14.2. The van der Waals surface area contributed by atoms with Crippen LogP contribution in [-0.2, 0) is 35.0 Å². The monoisotopic (exact) mass is 581 g/mol. The van der Waals surface area contributed by atoms with E-state index >= 15 is 0 Å². The van der Waals surface area contributed by atoms with Crippen molar-refractivity contribution in [2.45, 2.75) is 85.6 Å². The van der Waals surface area contributed by atoms with Gasteiger partial charge in [-0.1, -0.05) is 60.5 Å². The maximum absolute atomic E-state index is 12.7. The van der Waals surface area contributed by atoms with Crippen molar-refractivity contribution < 1.29 is 47.6 Å². The van der Waals surface area contributed by atoms with Gasteiger partial charge in [0.1, 0.15) is 5.54 Å². The summed E-state index contributed by atoms with van der Waals surface area (Å²) in [6.45, 7) is 12.0. The van der Waals surface area contributed by atoms with Crippen LogP contribution in [0.5, 0.6) is 11.5 Å². The Hall–Kier alpha value is -3.34. The van der Waals surface area contributed by atoms with Gasteiger partial charge in [0, 0.05) is 19.3 Å². The van der Waals surface area contributed by atoms with Gasteiger partial charge in [0.2, 0.25) is 0 Å². The molecule has 232 valence electrons. The average Bonchev–Trinajstić information content (AvgIpc) is 2.94. The zero-order valence-electron chi connectivity index (χ0n) is 25.5. The number of ether oxygens (including phenoxy) is 6. The lowest BCUT2D eigenvalue weighted by molar-refractivity contribution is -0.151. The molecule has 0 aromatic heterocycles.